The van der Waals surface area contributed by atoms with Crippen LogP contribution in [0.1, 0.15) is 43.8 Å². The first kappa shape index (κ1) is 15.5. The summed E-state index contributed by atoms with van der Waals surface area (Å²) < 4.78 is 1.94. The second kappa shape index (κ2) is 8.42. The molecule has 1 heterocycles. The third-order valence-electron chi connectivity index (χ3n) is 3.74. The SMILES string of the molecule is C=CCCCCCC(NC)c1ccn(-c2ccccc2)n1. The monoisotopic (exact) mass is 283 g/mol. The molecule has 2 rings (SSSR count). The van der Waals surface area contributed by atoms with Crippen molar-refractivity contribution in [3.05, 3.63) is 60.9 Å². The van der Waals surface area contributed by atoms with E-state index < -0.39 is 0 Å². The summed E-state index contributed by atoms with van der Waals surface area (Å²) in [6, 6.07) is 12.7. The van der Waals surface area contributed by atoms with E-state index in [4.69, 9.17) is 5.10 Å². The van der Waals surface area contributed by atoms with Crippen LogP contribution in [0.4, 0.5) is 0 Å². The summed E-state index contributed by atoms with van der Waals surface area (Å²) in [5, 5.41) is 8.08. The van der Waals surface area contributed by atoms with Gasteiger partial charge in [0, 0.05) is 6.20 Å². The van der Waals surface area contributed by atoms with E-state index in [9.17, 15) is 0 Å². The van der Waals surface area contributed by atoms with Gasteiger partial charge >= 0.3 is 0 Å². The van der Waals surface area contributed by atoms with Crippen molar-refractivity contribution in [3.8, 4) is 5.69 Å². The van der Waals surface area contributed by atoms with Crippen molar-refractivity contribution in [1.82, 2.24) is 15.1 Å². The van der Waals surface area contributed by atoms with Gasteiger partial charge in [-0.15, -0.1) is 6.58 Å². The molecule has 2 aromatic rings. The number of aromatic nitrogens is 2. The molecule has 0 saturated carbocycles. The standard InChI is InChI=1S/C18H25N3/c1-3-4-5-6-10-13-17(19-2)18-14-15-21(20-18)16-11-8-7-9-12-16/h3,7-9,11-12,14-15,17,19H,1,4-6,10,13H2,2H3. The van der Waals surface area contributed by atoms with E-state index in [1.54, 1.807) is 0 Å². The number of nitrogens with zero attached hydrogens (tertiary/aromatic N) is 2. The highest BCUT2D eigenvalue weighted by molar-refractivity contribution is 5.30. The molecular formula is C18H25N3. The van der Waals surface area contributed by atoms with Crippen LogP contribution in [0.25, 0.3) is 5.69 Å². The van der Waals surface area contributed by atoms with Crippen molar-refractivity contribution < 1.29 is 0 Å². The van der Waals surface area contributed by atoms with Crippen LogP contribution in [0.15, 0.2) is 55.3 Å². The van der Waals surface area contributed by atoms with Crippen LogP contribution in [-0.4, -0.2) is 16.8 Å². The normalized spacial score (nSPS) is 12.2. The Bertz CT molecular complexity index is 530. The van der Waals surface area contributed by atoms with Crippen molar-refractivity contribution in [1.29, 1.82) is 0 Å². The first-order chi connectivity index (χ1) is 10.3. The zero-order chi connectivity index (χ0) is 14.9. The maximum absolute atomic E-state index is 4.70. The van der Waals surface area contributed by atoms with Crippen LogP contribution in [-0.2, 0) is 0 Å². The quantitative estimate of drug-likeness (QED) is 0.550. The van der Waals surface area contributed by atoms with E-state index in [1.165, 1.54) is 19.3 Å². The molecule has 0 amide bonds. The highest BCUT2D eigenvalue weighted by Crippen LogP contribution is 2.19. The Morgan fingerprint density at radius 1 is 1.19 bits per heavy atom. The number of hydrogen-bond acceptors (Lipinski definition) is 2. The molecule has 1 N–H and O–H groups in total. The second-order valence-corrected chi connectivity index (χ2v) is 5.29. The van der Waals surface area contributed by atoms with Gasteiger partial charge in [0.2, 0.25) is 0 Å². The maximum atomic E-state index is 4.70. The number of benzene rings is 1. The van der Waals surface area contributed by atoms with E-state index in [-0.39, 0.29) is 0 Å². The molecule has 0 fully saturated rings. The topological polar surface area (TPSA) is 29.9 Å². The summed E-state index contributed by atoms with van der Waals surface area (Å²) in [6.45, 7) is 3.76. The van der Waals surface area contributed by atoms with Gasteiger partial charge < -0.3 is 5.32 Å². The molecule has 0 bridgehead atoms. The van der Waals surface area contributed by atoms with Gasteiger partial charge in [0.05, 0.1) is 17.4 Å². The highest BCUT2D eigenvalue weighted by atomic mass is 15.3. The summed E-state index contributed by atoms with van der Waals surface area (Å²) in [6.07, 6.45) is 9.98. The van der Waals surface area contributed by atoms with Crippen molar-refractivity contribution in [2.75, 3.05) is 7.05 Å². The van der Waals surface area contributed by atoms with Crippen molar-refractivity contribution >= 4 is 0 Å². The van der Waals surface area contributed by atoms with Gasteiger partial charge in [-0.25, -0.2) is 4.68 Å². The Kier molecular flexibility index (Phi) is 6.22. The molecule has 0 aliphatic carbocycles. The lowest BCUT2D eigenvalue weighted by Crippen LogP contribution is -2.17. The smallest absolute Gasteiger partial charge is 0.0798 e. The molecule has 21 heavy (non-hydrogen) atoms. The number of hydrogen-bond donors (Lipinski definition) is 1. The molecule has 0 spiro atoms. The van der Waals surface area contributed by atoms with Crippen LogP contribution in [0.5, 0.6) is 0 Å². The van der Waals surface area contributed by atoms with Crippen LogP contribution >= 0.6 is 0 Å². The molecule has 112 valence electrons. The molecule has 0 saturated heterocycles. The molecule has 1 atom stereocenters. The summed E-state index contributed by atoms with van der Waals surface area (Å²) >= 11 is 0. The predicted molar refractivity (Wildman–Crippen MR) is 88.6 cm³/mol. The Hall–Kier alpha value is -1.87. The van der Waals surface area contributed by atoms with E-state index >= 15 is 0 Å². The van der Waals surface area contributed by atoms with E-state index in [0.29, 0.717) is 6.04 Å². The van der Waals surface area contributed by atoms with Gasteiger partial charge in [-0.1, -0.05) is 37.1 Å². The molecule has 0 radical (unpaired) electrons. The first-order valence-corrected chi connectivity index (χ1v) is 7.74. The Morgan fingerprint density at radius 3 is 2.71 bits per heavy atom. The zero-order valence-corrected chi connectivity index (χ0v) is 12.8. The largest absolute Gasteiger partial charge is 0.312 e. The predicted octanol–water partition coefficient (Wildman–Crippen LogP) is 4.27. The average Bonchev–Trinajstić information content (AvgIpc) is 3.01. The molecule has 1 unspecified atom stereocenters. The number of nitrogens with one attached hydrogen (secondary N) is 1. The van der Waals surface area contributed by atoms with Crippen LogP contribution in [0, 0.1) is 0 Å². The molecule has 1 aromatic heterocycles. The highest BCUT2D eigenvalue weighted by Gasteiger charge is 2.12. The third kappa shape index (κ3) is 4.57. The van der Waals surface area contributed by atoms with E-state index in [0.717, 1.165) is 24.2 Å². The minimum absolute atomic E-state index is 0.332. The van der Waals surface area contributed by atoms with Gasteiger partial charge in [-0.2, -0.15) is 5.10 Å². The summed E-state index contributed by atoms with van der Waals surface area (Å²) in [5.41, 5.74) is 2.22. The van der Waals surface area contributed by atoms with Gasteiger partial charge in [-0.3, -0.25) is 0 Å². The molecule has 0 aliphatic heterocycles. The van der Waals surface area contributed by atoms with Gasteiger partial charge in [0.25, 0.3) is 0 Å². The van der Waals surface area contributed by atoms with Crippen LogP contribution in [0.3, 0.4) is 0 Å². The Morgan fingerprint density at radius 2 is 2.00 bits per heavy atom. The lowest BCUT2D eigenvalue weighted by Gasteiger charge is -2.13. The third-order valence-corrected chi connectivity index (χ3v) is 3.74. The number of allylic oxidation sites excluding steroid dienone is 1. The molecule has 1 aromatic carbocycles. The van der Waals surface area contributed by atoms with Crippen LogP contribution < -0.4 is 5.32 Å². The number of para-hydroxylation sites is 1. The number of rotatable bonds is 9. The van der Waals surface area contributed by atoms with Gasteiger partial charge in [-0.05, 0) is 44.5 Å². The van der Waals surface area contributed by atoms with Crippen molar-refractivity contribution in [2.24, 2.45) is 0 Å². The summed E-state index contributed by atoms with van der Waals surface area (Å²) in [4.78, 5) is 0. The minimum Gasteiger partial charge on any atom is -0.312 e. The van der Waals surface area contributed by atoms with Gasteiger partial charge in [0.1, 0.15) is 0 Å². The molecule has 0 aliphatic rings. The molecular weight excluding hydrogens is 258 g/mol. The second-order valence-electron chi connectivity index (χ2n) is 5.29. The van der Waals surface area contributed by atoms with Crippen molar-refractivity contribution in [2.45, 2.75) is 38.1 Å². The molecule has 3 nitrogen and oxygen atoms in total. The summed E-state index contributed by atoms with van der Waals surface area (Å²) in [5.74, 6) is 0. The Labute approximate surface area is 127 Å². The van der Waals surface area contributed by atoms with E-state index in [2.05, 4.69) is 30.1 Å². The minimum atomic E-state index is 0.332. The Balaban J connectivity index is 1.93. The van der Waals surface area contributed by atoms with Crippen LogP contribution in [0.2, 0.25) is 0 Å². The van der Waals surface area contributed by atoms with Gasteiger partial charge in [0.15, 0.2) is 0 Å². The van der Waals surface area contributed by atoms with Crippen molar-refractivity contribution in [3.63, 3.8) is 0 Å². The lowest BCUT2D eigenvalue weighted by atomic mass is 10.0. The molecule has 3 heteroatoms. The fourth-order valence-corrected chi connectivity index (χ4v) is 2.50. The lowest BCUT2D eigenvalue weighted by molar-refractivity contribution is 0.495. The first-order valence-electron chi connectivity index (χ1n) is 7.74. The van der Waals surface area contributed by atoms with E-state index in [1.807, 2.05) is 42.2 Å². The fourth-order valence-electron chi connectivity index (χ4n) is 2.50. The fraction of sp³-hybridized carbons (Fsp3) is 0.389. The number of unbranched alkanes of at least 4 members (excludes halogenated alkanes) is 3. The average molecular weight is 283 g/mol. The maximum Gasteiger partial charge on any atom is 0.0798 e. The summed E-state index contributed by atoms with van der Waals surface area (Å²) in [7, 11) is 2.01. The zero-order valence-electron chi connectivity index (χ0n) is 12.8.